The van der Waals surface area contributed by atoms with E-state index in [9.17, 15) is 9.90 Å². The number of ether oxygens (including phenoxy) is 1. The van der Waals surface area contributed by atoms with Crippen LogP contribution < -0.4 is 10.1 Å². The molecule has 0 spiro atoms. The van der Waals surface area contributed by atoms with Crippen molar-refractivity contribution in [2.75, 3.05) is 11.9 Å². The van der Waals surface area contributed by atoms with E-state index in [0.717, 1.165) is 10.2 Å². The van der Waals surface area contributed by atoms with Crippen molar-refractivity contribution in [2.24, 2.45) is 0 Å². The lowest BCUT2D eigenvalue weighted by molar-refractivity contribution is -0.118. The lowest BCUT2D eigenvalue weighted by atomic mass is 9.87. The molecule has 2 aromatic carbocycles. The molecule has 24 heavy (non-hydrogen) atoms. The third-order valence-electron chi connectivity index (χ3n) is 3.59. The zero-order valence-electron chi connectivity index (χ0n) is 14.1. The van der Waals surface area contributed by atoms with Crippen LogP contribution in [0.2, 0.25) is 0 Å². The van der Waals surface area contributed by atoms with Crippen molar-refractivity contribution in [3.8, 4) is 5.75 Å². The predicted octanol–water partition coefficient (Wildman–Crippen LogP) is 4.26. The summed E-state index contributed by atoms with van der Waals surface area (Å²) in [7, 11) is 0. The van der Waals surface area contributed by atoms with Crippen LogP contribution in [-0.4, -0.2) is 17.6 Å². The average molecular weight is 392 g/mol. The first-order valence-electron chi connectivity index (χ1n) is 7.72. The fraction of sp³-hybridized carbons (Fsp3) is 0.316. The van der Waals surface area contributed by atoms with Crippen LogP contribution in [0.4, 0.5) is 5.69 Å². The van der Waals surface area contributed by atoms with E-state index in [0.29, 0.717) is 11.3 Å². The molecule has 0 aromatic heterocycles. The maximum Gasteiger partial charge on any atom is 0.262 e. The highest BCUT2D eigenvalue weighted by Crippen LogP contribution is 2.24. The smallest absolute Gasteiger partial charge is 0.262 e. The Balaban J connectivity index is 1.94. The summed E-state index contributed by atoms with van der Waals surface area (Å²) in [4.78, 5) is 12.0. The lowest BCUT2D eigenvalue weighted by Gasteiger charge is -2.19. The number of hydrogen-bond donors (Lipinski definition) is 2. The van der Waals surface area contributed by atoms with E-state index >= 15 is 0 Å². The standard InChI is InChI=1S/C19H22BrNO3/c1-19(2,3)14-4-7-16(8-5-14)21-18(23)12-24-17-9-6-15(20)10-13(17)11-22/h4-10,22H,11-12H2,1-3H3,(H,21,23). The first kappa shape index (κ1) is 18.5. The minimum absolute atomic E-state index is 0.0773. The van der Waals surface area contributed by atoms with Gasteiger partial charge < -0.3 is 15.2 Å². The van der Waals surface area contributed by atoms with Crippen LogP contribution in [0.1, 0.15) is 31.9 Å². The van der Waals surface area contributed by atoms with Crippen LogP contribution in [0, 0.1) is 0 Å². The Morgan fingerprint density at radius 3 is 2.42 bits per heavy atom. The van der Waals surface area contributed by atoms with Crippen molar-refractivity contribution >= 4 is 27.5 Å². The van der Waals surface area contributed by atoms with E-state index in [1.54, 1.807) is 18.2 Å². The third kappa shape index (κ3) is 5.08. The van der Waals surface area contributed by atoms with Gasteiger partial charge in [-0.1, -0.05) is 48.8 Å². The highest BCUT2D eigenvalue weighted by Gasteiger charge is 2.13. The van der Waals surface area contributed by atoms with Gasteiger partial charge in [-0.2, -0.15) is 0 Å². The Hall–Kier alpha value is -1.85. The van der Waals surface area contributed by atoms with E-state index in [4.69, 9.17) is 4.74 Å². The number of carbonyl (C=O) groups is 1. The summed E-state index contributed by atoms with van der Waals surface area (Å²) in [6.07, 6.45) is 0. The van der Waals surface area contributed by atoms with Crippen molar-refractivity contribution in [1.82, 2.24) is 0 Å². The second-order valence-electron chi connectivity index (χ2n) is 6.57. The van der Waals surface area contributed by atoms with Gasteiger partial charge in [0.05, 0.1) is 6.61 Å². The molecule has 0 aliphatic carbocycles. The number of halogens is 1. The van der Waals surface area contributed by atoms with Gasteiger partial charge in [0.15, 0.2) is 6.61 Å². The minimum atomic E-state index is -0.245. The number of aliphatic hydroxyl groups is 1. The molecule has 0 aliphatic heterocycles. The molecule has 4 nitrogen and oxygen atoms in total. The first-order chi connectivity index (χ1) is 11.3. The van der Waals surface area contributed by atoms with E-state index in [2.05, 4.69) is 42.0 Å². The van der Waals surface area contributed by atoms with Gasteiger partial charge >= 0.3 is 0 Å². The highest BCUT2D eigenvalue weighted by atomic mass is 79.9. The monoisotopic (exact) mass is 391 g/mol. The van der Waals surface area contributed by atoms with Gasteiger partial charge in [0, 0.05) is 15.7 Å². The number of amides is 1. The van der Waals surface area contributed by atoms with Crippen LogP contribution >= 0.6 is 15.9 Å². The maximum atomic E-state index is 12.0. The zero-order chi connectivity index (χ0) is 17.7. The Labute approximate surface area is 151 Å². The molecule has 0 bridgehead atoms. The number of carbonyl (C=O) groups excluding carboxylic acids is 1. The number of hydrogen-bond acceptors (Lipinski definition) is 3. The number of anilines is 1. The number of aliphatic hydroxyl groups excluding tert-OH is 1. The van der Waals surface area contributed by atoms with Gasteiger partial charge in [-0.3, -0.25) is 4.79 Å². The van der Waals surface area contributed by atoms with Crippen LogP contribution in [-0.2, 0) is 16.8 Å². The quantitative estimate of drug-likeness (QED) is 0.800. The number of rotatable bonds is 5. The molecule has 0 radical (unpaired) electrons. The summed E-state index contributed by atoms with van der Waals surface area (Å²) in [5.41, 5.74) is 2.65. The van der Waals surface area contributed by atoms with Gasteiger partial charge in [-0.25, -0.2) is 0 Å². The molecular formula is C19H22BrNO3. The Morgan fingerprint density at radius 1 is 1.17 bits per heavy atom. The summed E-state index contributed by atoms with van der Waals surface area (Å²) < 4.78 is 6.35. The molecule has 5 heteroatoms. The number of nitrogens with one attached hydrogen (secondary N) is 1. The van der Waals surface area contributed by atoms with Crippen molar-refractivity contribution in [3.63, 3.8) is 0 Å². The van der Waals surface area contributed by atoms with Crippen LogP contribution in [0.5, 0.6) is 5.75 Å². The molecule has 0 heterocycles. The average Bonchev–Trinajstić information content (AvgIpc) is 2.53. The zero-order valence-corrected chi connectivity index (χ0v) is 15.7. The normalized spacial score (nSPS) is 11.2. The molecule has 1 amide bonds. The molecule has 0 atom stereocenters. The summed E-state index contributed by atoms with van der Waals surface area (Å²) >= 11 is 3.34. The first-order valence-corrected chi connectivity index (χ1v) is 8.51. The van der Waals surface area contributed by atoms with Gasteiger partial charge in [-0.15, -0.1) is 0 Å². The predicted molar refractivity (Wildman–Crippen MR) is 99.3 cm³/mol. The van der Waals surface area contributed by atoms with Crippen LogP contribution in [0.25, 0.3) is 0 Å². The molecule has 2 aromatic rings. The van der Waals surface area contributed by atoms with Crippen LogP contribution in [0.15, 0.2) is 46.9 Å². The fourth-order valence-corrected chi connectivity index (χ4v) is 2.61. The van der Waals surface area contributed by atoms with E-state index in [1.807, 2.05) is 24.3 Å². The summed E-state index contributed by atoms with van der Waals surface area (Å²) in [6, 6.07) is 13.1. The fourth-order valence-electron chi connectivity index (χ4n) is 2.21. The Morgan fingerprint density at radius 2 is 1.83 bits per heavy atom. The molecule has 128 valence electrons. The Bertz CT molecular complexity index is 706. The van der Waals surface area contributed by atoms with E-state index in [-0.39, 0.29) is 24.5 Å². The molecule has 2 rings (SSSR count). The molecule has 0 fully saturated rings. The SMILES string of the molecule is CC(C)(C)c1ccc(NC(=O)COc2ccc(Br)cc2CO)cc1. The van der Waals surface area contributed by atoms with E-state index in [1.165, 1.54) is 5.56 Å². The van der Waals surface area contributed by atoms with Crippen molar-refractivity contribution in [3.05, 3.63) is 58.1 Å². The summed E-state index contributed by atoms with van der Waals surface area (Å²) in [5, 5.41) is 12.1. The van der Waals surface area contributed by atoms with Gasteiger partial charge in [-0.05, 0) is 41.3 Å². The molecule has 0 unspecified atom stereocenters. The molecule has 2 N–H and O–H groups in total. The van der Waals surface area contributed by atoms with Gasteiger partial charge in [0.25, 0.3) is 5.91 Å². The van der Waals surface area contributed by atoms with Gasteiger partial charge in [0.1, 0.15) is 5.75 Å². The molecule has 0 saturated carbocycles. The van der Waals surface area contributed by atoms with Gasteiger partial charge in [0.2, 0.25) is 0 Å². The Kier molecular flexibility index (Phi) is 6.02. The summed E-state index contributed by atoms with van der Waals surface area (Å²) in [6.45, 7) is 6.17. The summed E-state index contributed by atoms with van der Waals surface area (Å²) in [5.74, 6) is 0.254. The topological polar surface area (TPSA) is 58.6 Å². The van der Waals surface area contributed by atoms with Crippen LogP contribution in [0.3, 0.4) is 0 Å². The van der Waals surface area contributed by atoms with Crippen molar-refractivity contribution in [1.29, 1.82) is 0 Å². The maximum absolute atomic E-state index is 12.0. The number of benzene rings is 2. The third-order valence-corrected chi connectivity index (χ3v) is 4.08. The molecule has 0 aliphatic rings. The highest BCUT2D eigenvalue weighted by molar-refractivity contribution is 9.10. The van der Waals surface area contributed by atoms with E-state index < -0.39 is 0 Å². The largest absolute Gasteiger partial charge is 0.483 e. The molecular weight excluding hydrogens is 370 g/mol. The minimum Gasteiger partial charge on any atom is -0.483 e. The van der Waals surface area contributed by atoms with Crippen molar-refractivity contribution in [2.45, 2.75) is 32.8 Å². The lowest BCUT2D eigenvalue weighted by Crippen LogP contribution is -2.20. The second kappa shape index (κ2) is 7.81. The second-order valence-corrected chi connectivity index (χ2v) is 7.49. The van der Waals surface area contributed by atoms with Crippen molar-refractivity contribution < 1.29 is 14.6 Å². The molecule has 0 saturated heterocycles.